The molecule has 0 aliphatic carbocycles. The molecule has 0 bridgehead atoms. The van der Waals surface area contributed by atoms with Crippen molar-refractivity contribution in [2.45, 2.75) is 12.5 Å². The topological polar surface area (TPSA) is 63.2 Å². The van der Waals surface area contributed by atoms with Gasteiger partial charge in [0.25, 0.3) is 0 Å². The Morgan fingerprint density at radius 3 is 2.78 bits per heavy atom. The number of hydrogen-bond donors (Lipinski definition) is 1. The molecule has 1 aromatic carbocycles. The smallest absolute Gasteiger partial charge is 0.165 e. The molecule has 0 amide bonds. The number of ketones is 1. The number of carbonyl (C=O) groups is 1. The summed E-state index contributed by atoms with van der Waals surface area (Å²) in [5.74, 6) is 0.0303. The summed E-state index contributed by atoms with van der Waals surface area (Å²) < 4.78 is 22.9. The zero-order chi connectivity index (χ0) is 13.2. The van der Waals surface area contributed by atoms with Gasteiger partial charge in [0.05, 0.1) is 16.5 Å². The number of rotatable bonds is 3. The molecule has 0 radical (unpaired) electrons. The van der Waals surface area contributed by atoms with Crippen LogP contribution < -0.4 is 5.32 Å². The first-order valence-corrected chi connectivity index (χ1v) is 7.89. The van der Waals surface area contributed by atoms with Gasteiger partial charge in [-0.05, 0) is 12.1 Å². The maximum atomic E-state index is 12.0. The molecule has 1 atom stereocenters. The Morgan fingerprint density at radius 2 is 2.11 bits per heavy atom. The first kappa shape index (κ1) is 13.5. The third-order valence-corrected chi connectivity index (χ3v) is 4.97. The fourth-order valence-electron chi connectivity index (χ4n) is 2.02. The first-order valence-electron chi connectivity index (χ1n) is 5.69. The van der Waals surface area contributed by atoms with E-state index in [9.17, 15) is 13.2 Å². The molecule has 4 nitrogen and oxygen atoms in total. The third kappa shape index (κ3) is 3.31. The van der Waals surface area contributed by atoms with Crippen molar-refractivity contribution in [3.05, 3.63) is 34.9 Å². The summed E-state index contributed by atoms with van der Waals surface area (Å²) >= 11 is 5.93. The zero-order valence-electron chi connectivity index (χ0n) is 9.73. The third-order valence-electron chi connectivity index (χ3n) is 2.91. The molecular weight excluding hydrogens is 274 g/mol. The van der Waals surface area contributed by atoms with Crippen molar-refractivity contribution in [2.75, 3.05) is 18.1 Å². The summed E-state index contributed by atoms with van der Waals surface area (Å²) in [7, 11) is -3.02. The highest BCUT2D eigenvalue weighted by Gasteiger charge is 2.26. The lowest BCUT2D eigenvalue weighted by Crippen LogP contribution is -2.46. The van der Waals surface area contributed by atoms with Gasteiger partial charge in [-0.15, -0.1) is 0 Å². The van der Waals surface area contributed by atoms with Gasteiger partial charge in [0.15, 0.2) is 15.6 Å². The van der Waals surface area contributed by atoms with Crippen LogP contribution in [0.1, 0.15) is 16.8 Å². The molecule has 0 saturated carbocycles. The van der Waals surface area contributed by atoms with E-state index in [4.69, 9.17) is 11.6 Å². The van der Waals surface area contributed by atoms with E-state index in [0.29, 0.717) is 17.1 Å². The Bertz CT molecular complexity index is 556. The van der Waals surface area contributed by atoms with Crippen LogP contribution >= 0.6 is 11.6 Å². The molecule has 1 fully saturated rings. The molecule has 1 aromatic rings. The van der Waals surface area contributed by atoms with E-state index >= 15 is 0 Å². The van der Waals surface area contributed by atoms with Crippen LogP contribution in [-0.2, 0) is 9.84 Å². The van der Waals surface area contributed by atoms with E-state index in [1.807, 2.05) is 0 Å². The predicted octanol–water partition coefficient (Wildman–Crippen LogP) is 1.30. The summed E-state index contributed by atoms with van der Waals surface area (Å²) in [5.41, 5.74) is 0.448. The Balaban J connectivity index is 2.06. The molecule has 2 rings (SSSR count). The second-order valence-corrected chi connectivity index (χ2v) is 7.01. The van der Waals surface area contributed by atoms with Crippen LogP contribution in [0.4, 0.5) is 0 Å². The molecular formula is C12H14ClNO3S. The van der Waals surface area contributed by atoms with Crippen molar-refractivity contribution >= 4 is 27.2 Å². The molecule has 1 aliphatic heterocycles. The zero-order valence-corrected chi connectivity index (χ0v) is 11.3. The van der Waals surface area contributed by atoms with E-state index in [-0.39, 0.29) is 29.8 Å². The summed E-state index contributed by atoms with van der Waals surface area (Å²) in [6.07, 6.45) is 0.156. The maximum Gasteiger partial charge on any atom is 0.165 e. The van der Waals surface area contributed by atoms with Crippen LogP contribution in [-0.4, -0.2) is 38.3 Å². The fourth-order valence-corrected chi connectivity index (χ4v) is 3.70. The van der Waals surface area contributed by atoms with Gasteiger partial charge in [0.2, 0.25) is 0 Å². The Labute approximate surface area is 111 Å². The van der Waals surface area contributed by atoms with Crippen LogP contribution in [0.2, 0.25) is 5.02 Å². The second-order valence-electron chi connectivity index (χ2n) is 4.37. The average molecular weight is 288 g/mol. The van der Waals surface area contributed by atoms with Gasteiger partial charge < -0.3 is 5.32 Å². The molecule has 1 aliphatic rings. The number of sulfone groups is 1. The minimum absolute atomic E-state index is 0.0171. The Morgan fingerprint density at radius 1 is 1.39 bits per heavy atom. The van der Waals surface area contributed by atoms with Crippen molar-refractivity contribution in [1.82, 2.24) is 5.32 Å². The van der Waals surface area contributed by atoms with E-state index in [2.05, 4.69) is 5.32 Å². The van der Waals surface area contributed by atoms with Gasteiger partial charge in [0, 0.05) is 24.6 Å². The van der Waals surface area contributed by atoms with Crippen molar-refractivity contribution in [3.63, 3.8) is 0 Å². The van der Waals surface area contributed by atoms with Gasteiger partial charge in [-0.1, -0.05) is 23.7 Å². The summed E-state index contributed by atoms with van der Waals surface area (Å²) in [6.45, 7) is 0.406. The van der Waals surface area contributed by atoms with Gasteiger partial charge in [-0.2, -0.15) is 0 Å². The van der Waals surface area contributed by atoms with Crippen molar-refractivity contribution in [2.24, 2.45) is 0 Å². The summed E-state index contributed by atoms with van der Waals surface area (Å²) in [5, 5.41) is 3.46. The number of halogens is 1. The fraction of sp³-hybridized carbons (Fsp3) is 0.417. The van der Waals surface area contributed by atoms with Gasteiger partial charge in [-0.25, -0.2) is 8.42 Å². The molecule has 1 heterocycles. The largest absolute Gasteiger partial charge is 0.312 e. The average Bonchev–Trinajstić information content (AvgIpc) is 2.28. The highest BCUT2D eigenvalue weighted by molar-refractivity contribution is 7.91. The molecule has 1 saturated heterocycles. The Hall–Kier alpha value is -0.910. The molecule has 1 unspecified atom stereocenters. The van der Waals surface area contributed by atoms with Crippen LogP contribution in [0.25, 0.3) is 0 Å². The highest BCUT2D eigenvalue weighted by atomic mass is 35.5. The van der Waals surface area contributed by atoms with Gasteiger partial charge in [-0.3, -0.25) is 4.79 Å². The SMILES string of the molecule is O=C(CC1CS(=O)(=O)CCN1)c1ccccc1Cl. The van der Waals surface area contributed by atoms with E-state index in [1.165, 1.54) is 0 Å². The van der Waals surface area contributed by atoms with Crippen LogP contribution in [0.3, 0.4) is 0 Å². The maximum absolute atomic E-state index is 12.0. The van der Waals surface area contributed by atoms with Crippen molar-refractivity contribution in [1.29, 1.82) is 0 Å². The van der Waals surface area contributed by atoms with Crippen molar-refractivity contribution < 1.29 is 13.2 Å². The molecule has 1 N–H and O–H groups in total. The number of nitrogens with one attached hydrogen (secondary N) is 1. The van der Waals surface area contributed by atoms with E-state index in [0.717, 1.165) is 0 Å². The van der Waals surface area contributed by atoms with Crippen LogP contribution in [0.15, 0.2) is 24.3 Å². The molecule has 0 spiro atoms. The first-order chi connectivity index (χ1) is 8.48. The molecule has 0 aromatic heterocycles. The van der Waals surface area contributed by atoms with Gasteiger partial charge in [0.1, 0.15) is 0 Å². The quantitative estimate of drug-likeness (QED) is 0.851. The predicted molar refractivity (Wildman–Crippen MR) is 70.8 cm³/mol. The van der Waals surface area contributed by atoms with Crippen LogP contribution in [0.5, 0.6) is 0 Å². The Kier molecular flexibility index (Phi) is 4.04. The molecule has 6 heteroatoms. The monoisotopic (exact) mass is 287 g/mol. The van der Waals surface area contributed by atoms with Crippen LogP contribution in [0, 0.1) is 0 Å². The highest BCUT2D eigenvalue weighted by Crippen LogP contribution is 2.18. The number of benzene rings is 1. The lowest BCUT2D eigenvalue weighted by atomic mass is 10.0. The summed E-state index contributed by atoms with van der Waals surface area (Å²) in [4.78, 5) is 12.0. The minimum Gasteiger partial charge on any atom is -0.312 e. The lowest BCUT2D eigenvalue weighted by Gasteiger charge is -2.23. The number of Topliss-reactive ketones (excluding diaryl/α,β-unsaturated/α-hetero) is 1. The second kappa shape index (κ2) is 5.38. The normalized spacial score (nSPS) is 22.6. The lowest BCUT2D eigenvalue weighted by molar-refractivity contribution is 0.0972. The standard InChI is InChI=1S/C12H14ClNO3S/c13-11-4-2-1-3-10(11)12(15)7-9-8-18(16,17)6-5-14-9/h1-4,9,14H,5-8H2. The minimum atomic E-state index is -3.02. The van der Waals surface area contributed by atoms with Crippen molar-refractivity contribution in [3.8, 4) is 0 Å². The van der Waals surface area contributed by atoms with E-state index < -0.39 is 9.84 Å². The van der Waals surface area contributed by atoms with Gasteiger partial charge >= 0.3 is 0 Å². The molecule has 18 heavy (non-hydrogen) atoms. The number of hydrogen-bond acceptors (Lipinski definition) is 4. The summed E-state index contributed by atoms with van der Waals surface area (Å²) in [6, 6.07) is 6.49. The van der Waals surface area contributed by atoms with E-state index in [1.54, 1.807) is 24.3 Å². The molecule has 98 valence electrons. The number of carbonyl (C=O) groups excluding carboxylic acids is 1.